The smallest absolute Gasteiger partial charge is 0.222 e. The molecule has 2 unspecified atom stereocenters. The van der Waals surface area contributed by atoms with Gasteiger partial charge in [-0.3, -0.25) is 10.1 Å². The van der Waals surface area contributed by atoms with Gasteiger partial charge in [0.25, 0.3) is 0 Å². The van der Waals surface area contributed by atoms with E-state index in [4.69, 9.17) is 24.1 Å². The predicted molar refractivity (Wildman–Crippen MR) is 174 cm³/mol. The molecule has 8 nitrogen and oxygen atoms in total. The number of methoxy groups -OCH3 is 2. The van der Waals surface area contributed by atoms with E-state index >= 15 is 0 Å². The summed E-state index contributed by atoms with van der Waals surface area (Å²) in [6.45, 7) is 2.38. The highest BCUT2D eigenvalue weighted by Gasteiger charge is 2.49. The molecule has 2 saturated heterocycles. The van der Waals surface area contributed by atoms with Gasteiger partial charge in [-0.15, -0.1) is 0 Å². The zero-order valence-electron chi connectivity index (χ0n) is 26.7. The maximum Gasteiger partial charge on any atom is 0.222 e. The van der Waals surface area contributed by atoms with Gasteiger partial charge in [0.1, 0.15) is 29.4 Å². The van der Waals surface area contributed by atoms with Crippen molar-refractivity contribution in [3.8, 4) is 11.5 Å². The molecule has 2 fully saturated rings. The number of hydrogen-bond donors (Lipinski definition) is 2. The molecule has 0 spiro atoms. The highest BCUT2D eigenvalue weighted by atomic mass is 16.6. The second-order valence-corrected chi connectivity index (χ2v) is 11.9. The molecule has 45 heavy (non-hydrogen) atoms. The average molecular weight is 617 g/mol. The number of unbranched alkanes of at least 4 members (excludes halogenated alkanes) is 3. The molecule has 0 radical (unpaired) electrons. The lowest BCUT2D eigenvalue weighted by Crippen LogP contribution is -2.40. The van der Waals surface area contributed by atoms with Gasteiger partial charge in [-0.25, -0.2) is 0 Å². The van der Waals surface area contributed by atoms with Crippen LogP contribution in [0.4, 0.5) is 0 Å². The van der Waals surface area contributed by atoms with Gasteiger partial charge in [-0.1, -0.05) is 61.0 Å². The quantitative estimate of drug-likeness (QED) is 0.108. The van der Waals surface area contributed by atoms with Crippen molar-refractivity contribution in [3.63, 3.8) is 0 Å². The molecule has 2 N–H and O–H groups in total. The predicted octanol–water partition coefficient (Wildman–Crippen LogP) is 5.65. The molecule has 5 rings (SSSR count). The van der Waals surface area contributed by atoms with Crippen molar-refractivity contribution >= 4 is 5.91 Å². The van der Waals surface area contributed by atoms with E-state index in [1.807, 2.05) is 47.4 Å². The minimum Gasteiger partial charge on any atom is -0.497 e. The minimum atomic E-state index is -0.811. The van der Waals surface area contributed by atoms with Gasteiger partial charge in [0, 0.05) is 26.2 Å². The lowest BCUT2D eigenvalue weighted by atomic mass is 9.80. The van der Waals surface area contributed by atoms with E-state index < -0.39 is 5.60 Å². The van der Waals surface area contributed by atoms with Gasteiger partial charge in [0.15, 0.2) is 0 Å². The minimum absolute atomic E-state index is 0.000662. The molecule has 0 aliphatic carbocycles. The van der Waals surface area contributed by atoms with Crippen LogP contribution in [0.5, 0.6) is 11.5 Å². The average Bonchev–Trinajstić information content (AvgIpc) is 3.69. The largest absolute Gasteiger partial charge is 0.497 e. The molecule has 242 valence electrons. The molecule has 3 aromatic rings. The van der Waals surface area contributed by atoms with E-state index in [0.29, 0.717) is 13.0 Å². The number of ether oxygens (including phenoxy) is 4. The lowest BCUT2D eigenvalue weighted by Gasteiger charge is -2.36. The normalized spacial score (nSPS) is 19.4. The maximum absolute atomic E-state index is 12.8. The van der Waals surface area contributed by atoms with Crippen LogP contribution in [-0.2, 0) is 19.9 Å². The van der Waals surface area contributed by atoms with Gasteiger partial charge in [-0.2, -0.15) is 0 Å². The van der Waals surface area contributed by atoms with E-state index in [2.05, 4.69) is 41.7 Å². The van der Waals surface area contributed by atoms with Crippen LogP contribution in [0.3, 0.4) is 0 Å². The summed E-state index contributed by atoms with van der Waals surface area (Å²) in [7, 11) is 3.35. The molecule has 1 amide bonds. The van der Waals surface area contributed by atoms with Crippen LogP contribution in [0.25, 0.3) is 0 Å². The fourth-order valence-electron chi connectivity index (χ4n) is 6.50. The molecule has 3 aromatic carbocycles. The highest BCUT2D eigenvalue weighted by Crippen LogP contribution is 2.42. The number of carbonyl (C=O) groups excluding carboxylic acids is 1. The second-order valence-electron chi connectivity index (χ2n) is 11.9. The van der Waals surface area contributed by atoms with E-state index in [1.165, 1.54) is 0 Å². The fraction of sp³-hybridized carbons (Fsp3) is 0.486. The number of likely N-dealkylation sites (tertiary alicyclic amines) is 1. The van der Waals surface area contributed by atoms with Gasteiger partial charge >= 0.3 is 0 Å². The first-order valence-electron chi connectivity index (χ1n) is 16.4. The van der Waals surface area contributed by atoms with Crippen molar-refractivity contribution < 1.29 is 28.8 Å². The number of epoxide rings is 1. The second kappa shape index (κ2) is 16.2. The Morgan fingerprint density at radius 1 is 0.867 bits per heavy atom. The number of aliphatic hydroxyl groups is 1. The van der Waals surface area contributed by atoms with Gasteiger partial charge in [0.05, 0.1) is 20.3 Å². The van der Waals surface area contributed by atoms with Crippen LogP contribution < -0.4 is 14.8 Å². The Morgan fingerprint density at radius 3 is 2.13 bits per heavy atom. The summed E-state index contributed by atoms with van der Waals surface area (Å²) < 4.78 is 23.9. The van der Waals surface area contributed by atoms with E-state index in [1.54, 1.807) is 14.2 Å². The van der Waals surface area contributed by atoms with Crippen LogP contribution in [0.1, 0.15) is 68.1 Å². The molecule has 3 atom stereocenters. The topological polar surface area (TPSA) is 92.8 Å². The van der Waals surface area contributed by atoms with Crippen molar-refractivity contribution in [2.75, 3.05) is 40.5 Å². The van der Waals surface area contributed by atoms with E-state index in [0.717, 1.165) is 86.2 Å². The van der Waals surface area contributed by atoms with Crippen LogP contribution in [0, 0.1) is 0 Å². The first kappa shape index (κ1) is 32.9. The summed E-state index contributed by atoms with van der Waals surface area (Å²) in [5.41, 5.74) is 2.29. The van der Waals surface area contributed by atoms with E-state index in [9.17, 15) is 4.79 Å². The molecule has 2 heterocycles. The number of nitrogens with one attached hydrogen (secondary N) is 1. The van der Waals surface area contributed by atoms with Crippen molar-refractivity contribution in [2.45, 2.75) is 75.3 Å². The summed E-state index contributed by atoms with van der Waals surface area (Å²) in [5.74, 6) is 1.81. The Labute approximate surface area is 267 Å². The molecule has 0 bridgehead atoms. The summed E-state index contributed by atoms with van der Waals surface area (Å²) in [5, 5.41) is 12.5. The number of benzene rings is 3. The Morgan fingerprint density at radius 2 is 1.51 bits per heavy atom. The van der Waals surface area contributed by atoms with Crippen molar-refractivity contribution in [2.24, 2.45) is 0 Å². The lowest BCUT2D eigenvalue weighted by molar-refractivity contribution is -0.132. The first-order chi connectivity index (χ1) is 22.1. The number of nitrogens with zero attached hydrogens (tertiary/aromatic N) is 1. The number of aliphatic hydroxyl groups excluding tert-OH is 1. The molecule has 8 heteroatoms. The molecular weight excluding hydrogens is 568 g/mol. The van der Waals surface area contributed by atoms with Crippen LogP contribution in [0.15, 0.2) is 78.9 Å². The zero-order valence-corrected chi connectivity index (χ0v) is 26.7. The van der Waals surface area contributed by atoms with Crippen molar-refractivity contribution in [1.29, 1.82) is 0 Å². The third-order valence-corrected chi connectivity index (χ3v) is 8.98. The Kier molecular flexibility index (Phi) is 11.9. The Bertz CT molecular complexity index is 1270. The summed E-state index contributed by atoms with van der Waals surface area (Å²) >= 11 is 0. The van der Waals surface area contributed by atoms with E-state index in [-0.39, 0.29) is 30.9 Å². The van der Waals surface area contributed by atoms with Gasteiger partial charge in [0.2, 0.25) is 5.91 Å². The molecule has 2 aliphatic heterocycles. The first-order valence-corrected chi connectivity index (χ1v) is 16.4. The fourth-order valence-corrected chi connectivity index (χ4v) is 6.50. The maximum atomic E-state index is 12.8. The zero-order chi connectivity index (χ0) is 31.5. The molecular formula is C37H48N2O6. The van der Waals surface area contributed by atoms with Crippen LogP contribution >= 0.6 is 0 Å². The SMILES string of the molecule is COc1ccc(C(OCCCCNC2OC2[C@@H]2CCCN2C(=O)CCCCCO)(c2ccccc2)c2ccc(OC)cc2)cc1. The van der Waals surface area contributed by atoms with Crippen molar-refractivity contribution in [1.82, 2.24) is 10.2 Å². The molecule has 0 saturated carbocycles. The third-order valence-electron chi connectivity index (χ3n) is 8.98. The highest BCUT2D eigenvalue weighted by molar-refractivity contribution is 5.77. The Hall–Kier alpha value is -3.43. The molecule has 0 aromatic heterocycles. The number of rotatable bonds is 18. The monoisotopic (exact) mass is 616 g/mol. The van der Waals surface area contributed by atoms with Crippen LogP contribution in [-0.4, -0.2) is 74.8 Å². The standard InChI is InChI=1S/C37H48N2O6/c1-42-31-20-16-29(17-21-31)37(28-12-5-3-6-13-28,30-18-22-32(43-2)23-19-30)44-27-10-8-24-38-36-35(45-36)33-14-11-25-39(33)34(41)15-7-4-9-26-40/h3,5-6,12-13,16-23,33,35-36,38,40H,4,7-11,14-15,24-27H2,1-2H3/t33-,35?,36?/m0/s1. The van der Waals surface area contributed by atoms with Crippen molar-refractivity contribution in [3.05, 3.63) is 95.6 Å². The number of hydrogen-bond acceptors (Lipinski definition) is 7. The van der Waals surface area contributed by atoms with Crippen LogP contribution in [0.2, 0.25) is 0 Å². The summed E-state index contributed by atoms with van der Waals surface area (Å²) in [6.07, 6.45) is 6.94. The Balaban J connectivity index is 1.18. The number of amides is 1. The third kappa shape index (κ3) is 8.05. The summed E-state index contributed by atoms with van der Waals surface area (Å²) in [4.78, 5) is 14.8. The molecule has 2 aliphatic rings. The summed E-state index contributed by atoms with van der Waals surface area (Å²) in [6, 6.07) is 26.7. The van der Waals surface area contributed by atoms with Gasteiger partial charge < -0.3 is 29.0 Å². The van der Waals surface area contributed by atoms with Gasteiger partial charge in [-0.05, 0) is 86.0 Å². The number of carbonyl (C=O) groups is 1.